The number of anilines is 1. The molecule has 7 nitrogen and oxygen atoms in total. The number of aromatic nitrogens is 3. The number of hydrogen-bond donors (Lipinski definition) is 2. The van der Waals surface area contributed by atoms with Gasteiger partial charge in [-0.25, -0.2) is 4.68 Å². The average molecular weight is 319 g/mol. The highest BCUT2D eigenvalue weighted by Gasteiger charge is 2.18. The number of thioether (sulfide) groups is 1. The fourth-order valence-corrected chi connectivity index (χ4v) is 2.49. The highest BCUT2D eigenvalue weighted by molar-refractivity contribution is 8.00. The number of amides is 1. The maximum absolute atomic E-state index is 12.2. The Bertz CT molecular complexity index is 696. The monoisotopic (exact) mass is 319 g/mol. The summed E-state index contributed by atoms with van der Waals surface area (Å²) in [6, 6.07) is 6.74. The predicted octanol–water partition coefficient (Wildman–Crippen LogP) is 1.62. The molecule has 1 atom stereocenters. The summed E-state index contributed by atoms with van der Waals surface area (Å²) in [6.07, 6.45) is 0. The highest BCUT2D eigenvalue weighted by Crippen LogP contribution is 2.22. The Morgan fingerprint density at radius 1 is 1.27 bits per heavy atom. The maximum atomic E-state index is 12.2. The second kappa shape index (κ2) is 6.61. The van der Waals surface area contributed by atoms with Crippen molar-refractivity contribution >= 4 is 29.1 Å². The van der Waals surface area contributed by atoms with Crippen molar-refractivity contribution in [1.29, 1.82) is 0 Å². The third-order valence-corrected chi connectivity index (χ3v) is 4.10. The maximum Gasteiger partial charge on any atom is 0.237 e. The number of carbonyl (C=O) groups is 2. The van der Waals surface area contributed by atoms with E-state index in [1.54, 1.807) is 38.1 Å². The summed E-state index contributed by atoms with van der Waals surface area (Å²) < 4.78 is 1.34. The van der Waals surface area contributed by atoms with Crippen molar-refractivity contribution in [3.8, 4) is 0 Å². The van der Waals surface area contributed by atoms with E-state index in [2.05, 4.69) is 15.5 Å². The van der Waals surface area contributed by atoms with Crippen LogP contribution in [0.3, 0.4) is 0 Å². The van der Waals surface area contributed by atoms with E-state index in [4.69, 9.17) is 5.84 Å². The Labute approximate surface area is 132 Å². The molecular weight excluding hydrogens is 302 g/mol. The van der Waals surface area contributed by atoms with Crippen LogP contribution in [0.5, 0.6) is 0 Å². The first-order valence-corrected chi connectivity index (χ1v) is 7.52. The van der Waals surface area contributed by atoms with Crippen LogP contribution in [-0.2, 0) is 4.79 Å². The van der Waals surface area contributed by atoms with Crippen molar-refractivity contribution < 1.29 is 9.59 Å². The van der Waals surface area contributed by atoms with Gasteiger partial charge < -0.3 is 11.2 Å². The molecule has 0 saturated heterocycles. The van der Waals surface area contributed by atoms with Crippen LogP contribution in [0.25, 0.3) is 0 Å². The number of benzene rings is 1. The molecular formula is C14H17N5O2S. The lowest BCUT2D eigenvalue weighted by molar-refractivity contribution is -0.115. The van der Waals surface area contributed by atoms with Crippen molar-refractivity contribution in [3.63, 3.8) is 0 Å². The van der Waals surface area contributed by atoms with Gasteiger partial charge in [-0.2, -0.15) is 0 Å². The molecule has 22 heavy (non-hydrogen) atoms. The summed E-state index contributed by atoms with van der Waals surface area (Å²) in [6.45, 7) is 4.99. The van der Waals surface area contributed by atoms with E-state index in [0.29, 0.717) is 22.2 Å². The number of nitrogens with one attached hydrogen (secondary N) is 1. The van der Waals surface area contributed by atoms with Gasteiger partial charge in [-0.1, -0.05) is 11.8 Å². The predicted molar refractivity (Wildman–Crippen MR) is 85.3 cm³/mol. The Morgan fingerprint density at radius 2 is 1.91 bits per heavy atom. The van der Waals surface area contributed by atoms with Crippen LogP contribution in [-0.4, -0.2) is 31.8 Å². The molecule has 1 heterocycles. The molecule has 0 radical (unpaired) electrons. The molecule has 0 aliphatic heterocycles. The van der Waals surface area contributed by atoms with Crippen LogP contribution in [0, 0.1) is 6.92 Å². The zero-order valence-corrected chi connectivity index (χ0v) is 13.3. The zero-order chi connectivity index (χ0) is 16.3. The second-order valence-corrected chi connectivity index (χ2v) is 6.09. The lowest BCUT2D eigenvalue weighted by Gasteiger charge is -2.11. The molecule has 0 saturated carbocycles. The molecule has 1 aromatic heterocycles. The second-order valence-electron chi connectivity index (χ2n) is 4.78. The van der Waals surface area contributed by atoms with Gasteiger partial charge in [0, 0.05) is 11.3 Å². The van der Waals surface area contributed by atoms with Gasteiger partial charge in [0.25, 0.3) is 0 Å². The van der Waals surface area contributed by atoms with Crippen molar-refractivity contribution in [3.05, 3.63) is 35.7 Å². The summed E-state index contributed by atoms with van der Waals surface area (Å²) in [5.74, 6) is 6.14. The van der Waals surface area contributed by atoms with Gasteiger partial charge in [0.05, 0.1) is 5.25 Å². The first kappa shape index (κ1) is 16.0. The summed E-state index contributed by atoms with van der Waals surface area (Å²) in [5.41, 5.74) is 1.24. The van der Waals surface area contributed by atoms with Crippen LogP contribution in [0.4, 0.5) is 5.69 Å². The van der Waals surface area contributed by atoms with Crippen molar-refractivity contribution in [2.24, 2.45) is 0 Å². The Morgan fingerprint density at radius 3 is 2.41 bits per heavy atom. The van der Waals surface area contributed by atoms with Crippen LogP contribution < -0.4 is 11.2 Å². The van der Waals surface area contributed by atoms with E-state index in [0.717, 1.165) is 0 Å². The quantitative estimate of drug-likeness (QED) is 0.493. The molecule has 1 aromatic carbocycles. The smallest absolute Gasteiger partial charge is 0.237 e. The van der Waals surface area contributed by atoms with Gasteiger partial charge in [-0.05, 0) is 45.0 Å². The number of Topliss-reactive ketones (excluding diaryl/α,β-unsaturated/α-hetero) is 1. The molecule has 2 rings (SSSR count). The Hall–Kier alpha value is -2.35. The van der Waals surface area contributed by atoms with Crippen molar-refractivity contribution in [2.75, 3.05) is 11.2 Å². The number of aryl methyl sites for hydroxylation is 1. The number of nitrogens with zero attached hydrogens (tertiary/aromatic N) is 3. The Balaban J connectivity index is 1.99. The van der Waals surface area contributed by atoms with Crippen LogP contribution >= 0.6 is 11.8 Å². The number of nitrogens with two attached hydrogens (primary N) is 1. The van der Waals surface area contributed by atoms with Crippen LogP contribution in [0.2, 0.25) is 0 Å². The minimum absolute atomic E-state index is 0.0144. The van der Waals surface area contributed by atoms with Gasteiger partial charge >= 0.3 is 0 Å². The van der Waals surface area contributed by atoms with Crippen LogP contribution in [0.15, 0.2) is 29.4 Å². The molecule has 2 aromatic rings. The molecule has 0 aliphatic rings. The van der Waals surface area contributed by atoms with Gasteiger partial charge in [0.2, 0.25) is 11.1 Å². The van der Waals surface area contributed by atoms with Crippen molar-refractivity contribution in [2.45, 2.75) is 31.2 Å². The number of carbonyl (C=O) groups excluding carboxylic acids is 2. The minimum atomic E-state index is -0.390. The number of hydrogen-bond acceptors (Lipinski definition) is 6. The van der Waals surface area contributed by atoms with E-state index in [1.165, 1.54) is 23.4 Å². The third kappa shape index (κ3) is 3.64. The molecule has 0 bridgehead atoms. The summed E-state index contributed by atoms with van der Waals surface area (Å²) in [4.78, 5) is 23.4. The van der Waals surface area contributed by atoms with E-state index in [1.807, 2.05) is 0 Å². The minimum Gasteiger partial charge on any atom is -0.336 e. The average Bonchev–Trinajstić information content (AvgIpc) is 2.79. The van der Waals surface area contributed by atoms with Gasteiger partial charge in [-0.15, -0.1) is 10.2 Å². The van der Waals surface area contributed by atoms with Crippen LogP contribution in [0.1, 0.15) is 30.0 Å². The first-order valence-electron chi connectivity index (χ1n) is 6.64. The number of rotatable bonds is 5. The molecule has 1 amide bonds. The van der Waals surface area contributed by atoms with E-state index in [-0.39, 0.29) is 11.7 Å². The lowest BCUT2D eigenvalue weighted by Crippen LogP contribution is -2.23. The number of nitrogen functional groups attached to an aromatic ring is 1. The topological polar surface area (TPSA) is 103 Å². The molecule has 0 unspecified atom stereocenters. The summed E-state index contributed by atoms with van der Waals surface area (Å²) >= 11 is 1.22. The molecule has 8 heteroatoms. The normalized spacial score (nSPS) is 12.0. The zero-order valence-electron chi connectivity index (χ0n) is 12.5. The van der Waals surface area contributed by atoms with Gasteiger partial charge in [-0.3, -0.25) is 9.59 Å². The van der Waals surface area contributed by atoms with E-state index in [9.17, 15) is 9.59 Å². The summed E-state index contributed by atoms with van der Waals surface area (Å²) in [5, 5.41) is 10.6. The molecule has 0 aliphatic carbocycles. The van der Waals surface area contributed by atoms with Gasteiger partial charge in [0.1, 0.15) is 5.82 Å². The number of ketones is 1. The van der Waals surface area contributed by atoms with E-state index < -0.39 is 5.25 Å². The SMILES string of the molecule is CC(=O)c1ccc(NC(=O)[C@H](C)Sc2nnc(C)n2N)cc1. The fraction of sp³-hybridized carbons (Fsp3) is 0.286. The molecule has 0 spiro atoms. The fourth-order valence-electron chi connectivity index (χ4n) is 1.67. The standard InChI is InChI=1S/C14H17N5O2S/c1-8(20)11-4-6-12(7-5-11)16-13(21)9(2)22-14-18-17-10(3)19(14)15/h4-7,9H,15H2,1-3H3,(H,16,21)/t9-/m0/s1. The van der Waals surface area contributed by atoms with E-state index >= 15 is 0 Å². The third-order valence-electron chi connectivity index (χ3n) is 3.05. The molecule has 0 fully saturated rings. The Kier molecular flexibility index (Phi) is 4.81. The summed E-state index contributed by atoms with van der Waals surface area (Å²) in [7, 11) is 0. The molecule has 3 N–H and O–H groups in total. The van der Waals surface area contributed by atoms with Crippen molar-refractivity contribution in [1.82, 2.24) is 14.9 Å². The largest absolute Gasteiger partial charge is 0.336 e. The molecule has 116 valence electrons. The first-order chi connectivity index (χ1) is 10.4. The van der Waals surface area contributed by atoms with Gasteiger partial charge in [0.15, 0.2) is 5.78 Å². The highest BCUT2D eigenvalue weighted by atomic mass is 32.2. The lowest BCUT2D eigenvalue weighted by atomic mass is 10.1.